The third-order valence-corrected chi connectivity index (χ3v) is 10.0. The number of carbonyl (C=O) groups excluding carboxylic acids is 2. The van der Waals surface area contributed by atoms with Gasteiger partial charge >= 0.3 is 0 Å². The minimum absolute atomic E-state index is 0.0467. The number of hydrogen-bond acceptors (Lipinski definition) is 6. The van der Waals surface area contributed by atoms with Gasteiger partial charge in [-0.15, -0.1) is 0 Å². The van der Waals surface area contributed by atoms with Crippen LogP contribution in [0.2, 0.25) is 0 Å². The largest absolute Gasteiger partial charge is 0.392 e. The Hall–Kier alpha value is -0.690. The molecule has 0 radical (unpaired) electrons. The number of aliphatic hydroxyl groups is 3. The Labute approximate surface area is 165 Å². The maximum atomic E-state index is 12.4. The Morgan fingerprint density at radius 2 is 1.93 bits per heavy atom. The number of thiol groups is 1. The van der Waals surface area contributed by atoms with E-state index in [1.54, 1.807) is 6.08 Å². The molecule has 3 N–H and O–H groups in total. The predicted octanol–water partition coefficient (Wildman–Crippen LogP) is 1.83. The van der Waals surface area contributed by atoms with E-state index in [2.05, 4.69) is 6.92 Å². The summed E-state index contributed by atoms with van der Waals surface area (Å²) < 4.78 is -0.685. The van der Waals surface area contributed by atoms with E-state index in [1.165, 1.54) is 0 Å². The maximum Gasteiger partial charge on any atom is 0.190 e. The minimum atomic E-state index is -1.60. The standard InChI is InChI=1S/C21H30O5S/c1-18-7-5-13(23)9-12(18)3-4-15-14-6-8-20(26,17(25)11-22)19(14,2)10-16(24)21(15,18)27/h9,14-16,22,24,26-27H,3-8,10-11H2,1-2H3/t14-,15-,16-,18-,19-,20-,21-/m0/s1. The van der Waals surface area contributed by atoms with Gasteiger partial charge in [0, 0.05) is 17.3 Å². The van der Waals surface area contributed by atoms with Crippen molar-refractivity contribution >= 4 is 24.2 Å². The molecule has 0 aromatic heterocycles. The van der Waals surface area contributed by atoms with Crippen LogP contribution in [-0.2, 0) is 9.59 Å². The predicted molar refractivity (Wildman–Crippen MR) is 103 cm³/mol. The SMILES string of the molecule is C[C@]12CCC(=O)C=C1CC[C@H]1[C@@H]3CC[C@](O)(C(=O)CO)[C@@]3(C)C[C@H](O)[C@@]12S. The van der Waals surface area contributed by atoms with Gasteiger partial charge in [0.05, 0.1) is 10.9 Å². The molecule has 0 heterocycles. The zero-order chi connectivity index (χ0) is 19.8. The van der Waals surface area contributed by atoms with Crippen LogP contribution < -0.4 is 0 Å². The molecule has 27 heavy (non-hydrogen) atoms. The van der Waals surface area contributed by atoms with E-state index in [4.69, 9.17) is 12.6 Å². The summed E-state index contributed by atoms with van der Waals surface area (Å²) in [7, 11) is 0. The van der Waals surface area contributed by atoms with Gasteiger partial charge in [0.2, 0.25) is 0 Å². The van der Waals surface area contributed by atoms with Crippen molar-refractivity contribution in [2.45, 2.75) is 75.2 Å². The molecule has 0 aromatic carbocycles. The Morgan fingerprint density at radius 1 is 1.22 bits per heavy atom. The van der Waals surface area contributed by atoms with Crippen LogP contribution >= 0.6 is 12.6 Å². The average Bonchev–Trinajstić information content (AvgIpc) is 2.88. The van der Waals surface area contributed by atoms with Crippen molar-refractivity contribution in [3.05, 3.63) is 11.6 Å². The van der Waals surface area contributed by atoms with Crippen LogP contribution in [0.15, 0.2) is 11.6 Å². The first-order chi connectivity index (χ1) is 12.5. The molecule has 3 fully saturated rings. The molecule has 0 amide bonds. The van der Waals surface area contributed by atoms with Crippen LogP contribution in [0.5, 0.6) is 0 Å². The smallest absolute Gasteiger partial charge is 0.190 e. The summed E-state index contributed by atoms with van der Waals surface area (Å²) in [6.07, 6.45) is 4.97. The van der Waals surface area contributed by atoms with Gasteiger partial charge in [-0.1, -0.05) is 19.4 Å². The number of rotatable bonds is 2. The molecule has 0 aliphatic heterocycles. The Bertz CT molecular complexity index is 734. The molecular weight excluding hydrogens is 364 g/mol. The van der Waals surface area contributed by atoms with Crippen molar-refractivity contribution in [2.75, 3.05) is 6.61 Å². The molecule has 0 unspecified atom stereocenters. The first-order valence-electron chi connectivity index (χ1n) is 10.1. The van der Waals surface area contributed by atoms with Gasteiger partial charge in [-0.05, 0) is 56.4 Å². The highest BCUT2D eigenvalue weighted by molar-refractivity contribution is 7.82. The molecule has 4 rings (SSSR count). The van der Waals surface area contributed by atoms with E-state index >= 15 is 0 Å². The normalized spacial score (nSPS) is 51.9. The summed E-state index contributed by atoms with van der Waals surface area (Å²) in [6.45, 7) is 3.33. The van der Waals surface area contributed by atoms with E-state index in [0.29, 0.717) is 25.7 Å². The monoisotopic (exact) mass is 394 g/mol. The molecule has 150 valence electrons. The average molecular weight is 395 g/mol. The summed E-state index contributed by atoms with van der Waals surface area (Å²) in [5.41, 5.74) is -1.64. The van der Waals surface area contributed by atoms with E-state index in [0.717, 1.165) is 18.4 Å². The molecular formula is C21H30O5S. The quantitative estimate of drug-likeness (QED) is 0.536. The fourth-order valence-electron chi connectivity index (χ4n) is 7.21. The van der Waals surface area contributed by atoms with Gasteiger partial charge in [-0.2, -0.15) is 12.6 Å². The van der Waals surface area contributed by atoms with E-state index in [-0.39, 0.29) is 29.5 Å². The summed E-state index contributed by atoms with van der Waals surface area (Å²) in [4.78, 5) is 24.4. The fraction of sp³-hybridized carbons (Fsp3) is 0.810. The van der Waals surface area contributed by atoms with Crippen LogP contribution in [-0.4, -0.2) is 49.9 Å². The second kappa shape index (κ2) is 5.91. The fourth-order valence-corrected chi connectivity index (χ4v) is 7.87. The highest BCUT2D eigenvalue weighted by Crippen LogP contribution is 2.70. The molecule has 4 aliphatic carbocycles. The zero-order valence-corrected chi connectivity index (χ0v) is 17.0. The molecule has 6 heteroatoms. The highest BCUT2D eigenvalue weighted by Gasteiger charge is 2.72. The third-order valence-electron chi connectivity index (χ3n) is 8.89. The van der Waals surface area contributed by atoms with Crippen LogP contribution in [0.25, 0.3) is 0 Å². The Morgan fingerprint density at radius 3 is 2.59 bits per heavy atom. The van der Waals surface area contributed by atoms with Crippen LogP contribution in [0.3, 0.4) is 0 Å². The van der Waals surface area contributed by atoms with E-state index < -0.39 is 34.3 Å². The molecule has 0 bridgehead atoms. The number of allylic oxidation sites excluding steroid dienone is 1. The molecule has 0 spiro atoms. The second-order valence-electron chi connectivity index (χ2n) is 9.66. The van der Waals surface area contributed by atoms with Crippen molar-refractivity contribution in [3.63, 3.8) is 0 Å². The van der Waals surface area contributed by atoms with Gasteiger partial charge in [0.1, 0.15) is 12.2 Å². The van der Waals surface area contributed by atoms with Gasteiger partial charge in [-0.3, -0.25) is 9.59 Å². The Balaban J connectivity index is 1.80. The van der Waals surface area contributed by atoms with Crippen molar-refractivity contribution in [2.24, 2.45) is 22.7 Å². The number of fused-ring (bicyclic) bond motifs is 5. The van der Waals surface area contributed by atoms with Gasteiger partial charge in [0.15, 0.2) is 11.6 Å². The van der Waals surface area contributed by atoms with Crippen LogP contribution in [0, 0.1) is 22.7 Å². The minimum Gasteiger partial charge on any atom is -0.392 e. The Kier molecular flexibility index (Phi) is 4.29. The lowest BCUT2D eigenvalue weighted by molar-refractivity contribution is -0.175. The summed E-state index contributed by atoms with van der Waals surface area (Å²) >= 11 is 5.14. The summed E-state index contributed by atoms with van der Waals surface area (Å²) in [6, 6.07) is 0. The number of ketones is 2. The topological polar surface area (TPSA) is 94.8 Å². The third kappa shape index (κ3) is 2.19. The number of carbonyl (C=O) groups is 2. The summed E-state index contributed by atoms with van der Waals surface area (Å²) in [5, 5.41) is 32.0. The van der Waals surface area contributed by atoms with Crippen molar-refractivity contribution in [3.8, 4) is 0 Å². The lowest BCUT2D eigenvalue weighted by Crippen LogP contribution is -2.69. The van der Waals surface area contributed by atoms with Crippen molar-refractivity contribution in [1.82, 2.24) is 0 Å². The van der Waals surface area contributed by atoms with Gasteiger partial charge < -0.3 is 15.3 Å². The summed E-state index contributed by atoms with van der Waals surface area (Å²) in [5.74, 6) is -0.297. The first kappa shape index (κ1) is 19.6. The van der Waals surface area contributed by atoms with Crippen molar-refractivity contribution < 1.29 is 24.9 Å². The highest BCUT2D eigenvalue weighted by atomic mass is 32.1. The lowest BCUT2D eigenvalue weighted by atomic mass is 9.44. The lowest BCUT2D eigenvalue weighted by Gasteiger charge is -2.65. The molecule has 0 aromatic rings. The van der Waals surface area contributed by atoms with Gasteiger partial charge in [0.25, 0.3) is 0 Å². The molecule has 7 atom stereocenters. The molecule has 5 nitrogen and oxygen atoms in total. The van der Waals surface area contributed by atoms with Gasteiger partial charge in [-0.25, -0.2) is 0 Å². The number of hydrogen-bond donors (Lipinski definition) is 4. The number of Topliss-reactive ketones (excluding diaryl/α,β-unsaturated/α-hetero) is 1. The van der Waals surface area contributed by atoms with Crippen molar-refractivity contribution in [1.29, 1.82) is 0 Å². The number of aliphatic hydroxyl groups excluding tert-OH is 2. The molecule has 3 saturated carbocycles. The molecule has 0 saturated heterocycles. The second-order valence-corrected chi connectivity index (χ2v) is 10.4. The van der Waals surface area contributed by atoms with E-state index in [1.807, 2.05) is 6.92 Å². The van der Waals surface area contributed by atoms with E-state index in [9.17, 15) is 24.9 Å². The first-order valence-corrected chi connectivity index (χ1v) is 10.5. The van der Waals surface area contributed by atoms with Crippen LogP contribution in [0.4, 0.5) is 0 Å². The zero-order valence-electron chi connectivity index (χ0n) is 16.1. The molecule has 4 aliphatic rings. The maximum absolute atomic E-state index is 12.4. The van der Waals surface area contributed by atoms with Crippen LogP contribution in [0.1, 0.15) is 58.8 Å².